The lowest BCUT2D eigenvalue weighted by Crippen LogP contribution is -2.45. The first-order valence-corrected chi connectivity index (χ1v) is 6.23. The number of nitrogens with one attached hydrogen (secondary N) is 1. The van der Waals surface area contributed by atoms with Crippen molar-refractivity contribution in [3.8, 4) is 0 Å². The number of hydrogen-bond donors (Lipinski definition) is 2. The Morgan fingerprint density at radius 2 is 2.00 bits per heavy atom. The molecule has 0 saturated carbocycles. The fraction of sp³-hybridized carbons (Fsp3) is 0.462. The number of carbonyl (C=O) groups is 2. The minimum absolute atomic E-state index is 0.266. The maximum atomic E-state index is 12.4. The summed E-state index contributed by atoms with van der Waals surface area (Å²) in [5.41, 5.74) is -1.24. The minimum Gasteiger partial charge on any atom is -0.480 e. The van der Waals surface area contributed by atoms with Crippen molar-refractivity contribution in [2.75, 3.05) is 0 Å². The summed E-state index contributed by atoms with van der Waals surface area (Å²) in [6, 6.07) is 0.515. The molecule has 0 spiro atoms. The molecule has 0 radical (unpaired) electrons. The number of rotatable bonds is 5. The molecule has 1 heterocycles. The topological polar surface area (TPSA) is 79.3 Å². The predicted molar refractivity (Wildman–Crippen MR) is 67.6 cm³/mol. The number of carboxylic acid groups (broad SMARTS) is 1. The first-order valence-electron chi connectivity index (χ1n) is 6.23. The van der Waals surface area contributed by atoms with Crippen LogP contribution in [0.2, 0.25) is 0 Å². The van der Waals surface area contributed by atoms with Crippen molar-refractivity contribution in [2.45, 2.75) is 32.5 Å². The lowest BCUT2D eigenvalue weighted by molar-refractivity contribution is -0.140. The molecule has 0 bridgehead atoms. The van der Waals surface area contributed by atoms with Crippen molar-refractivity contribution in [1.82, 2.24) is 10.3 Å². The van der Waals surface area contributed by atoms with Gasteiger partial charge in [-0.1, -0.05) is 20.3 Å². The number of alkyl halides is 3. The van der Waals surface area contributed by atoms with E-state index in [1.807, 2.05) is 0 Å². The molecular weight excluding hydrogens is 289 g/mol. The van der Waals surface area contributed by atoms with Crippen LogP contribution in [0, 0.1) is 5.92 Å². The first-order chi connectivity index (χ1) is 9.66. The first kappa shape index (κ1) is 16.9. The molecule has 5 nitrogen and oxygen atoms in total. The van der Waals surface area contributed by atoms with E-state index in [0.717, 1.165) is 12.1 Å². The molecule has 116 valence electrons. The van der Waals surface area contributed by atoms with Gasteiger partial charge in [-0.05, 0) is 18.1 Å². The van der Waals surface area contributed by atoms with Crippen LogP contribution < -0.4 is 5.32 Å². The number of aliphatic carboxylic acids is 1. The molecule has 2 atom stereocenters. The standard InChI is InChI=1S/C13H15F3N2O3/c1-3-7(2)10(12(20)21)18-11(19)9-5-4-8(6-17-9)13(14,15)16/h4-7,10H,3H2,1-2H3,(H,18,19)(H,20,21). The quantitative estimate of drug-likeness (QED) is 0.875. The third-order valence-corrected chi connectivity index (χ3v) is 3.09. The van der Waals surface area contributed by atoms with Crippen molar-refractivity contribution < 1.29 is 27.9 Å². The normalized spacial score (nSPS) is 14.3. The second kappa shape index (κ2) is 6.55. The molecule has 1 amide bonds. The summed E-state index contributed by atoms with van der Waals surface area (Å²) in [5, 5.41) is 11.3. The number of hydrogen-bond acceptors (Lipinski definition) is 3. The van der Waals surface area contributed by atoms with Crippen LogP contribution in [0.4, 0.5) is 13.2 Å². The van der Waals surface area contributed by atoms with Gasteiger partial charge in [-0.2, -0.15) is 13.2 Å². The van der Waals surface area contributed by atoms with Gasteiger partial charge in [-0.25, -0.2) is 4.79 Å². The molecule has 21 heavy (non-hydrogen) atoms. The third-order valence-electron chi connectivity index (χ3n) is 3.09. The number of carboxylic acids is 1. The predicted octanol–water partition coefficient (Wildman–Crippen LogP) is 2.33. The average molecular weight is 304 g/mol. The Bertz CT molecular complexity index is 514. The summed E-state index contributed by atoms with van der Waals surface area (Å²) in [5.74, 6) is -2.35. The van der Waals surface area contributed by atoms with E-state index in [-0.39, 0.29) is 11.6 Å². The van der Waals surface area contributed by atoms with E-state index in [4.69, 9.17) is 5.11 Å². The summed E-state index contributed by atoms with van der Waals surface area (Å²) in [6.45, 7) is 3.42. The number of carbonyl (C=O) groups excluding carboxylic acids is 1. The van der Waals surface area contributed by atoms with E-state index in [0.29, 0.717) is 12.6 Å². The second-order valence-electron chi connectivity index (χ2n) is 4.60. The summed E-state index contributed by atoms with van der Waals surface area (Å²) in [6.07, 6.45) is -3.48. The van der Waals surface area contributed by atoms with Gasteiger partial charge in [-0.15, -0.1) is 0 Å². The monoisotopic (exact) mass is 304 g/mol. The lowest BCUT2D eigenvalue weighted by Gasteiger charge is -2.19. The third kappa shape index (κ3) is 4.44. The Morgan fingerprint density at radius 3 is 2.38 bits per heavy atom. The zero-order chi connectivity index (χ0) is 16.2. The van der Waals surface area contributed by atoms with Crippen LogP contribution in [-0.2, 0) is 11.0 Å². The highest BCUT2D eigenvalue weighted by molar-refractivity contribution is 5.95. The van der Waals surface area contributed by atoms with Crippen LogP contribution in [0.25, 0.3) is 0 Å². The minimum atomic E-state index is -4.54. The molecule has 0 aliphatic carbocycles. The maximum absolute atomic E-state index is 12.4. The smallest absolute Gasteiger partial charge is 0.417 e. The van der Waals surface area contributed by atoms with Crippen molar-refractivity contribution in [3.05, 3.63) is 29.6 Å². The van der Waals surface area contributed by atoms with Gasteiger partial charge < -0.3 is 10.4 Å². The van der Waals surface area contributed by atoms with E-state index in [1.54, 1.807) is 13.8 Å². The van der Waals surface area contributed by atoms with Crippen LogP contribution in [0.5, 0.6) is 0 Å². The number of nitrogens with zero attached hydrogens (tertiary/aromatic N) is 1. The Labute approximate surface area is 119 Å². The van der Waals surface area contributed by atoms with Crippen molar-refractivity contribution in [2.24, 2.45) is 5.92 Å². The van der Waals surface area contributed by atoms with Gasteiger partial charge in [-0.3, -0.25) is 9.78 Å². The number of halogens is 3. The summed E-state index contributed by atoms with van der Waals surface area (Å²) >= 11 is 0. The lowest BCUT2D eigenvalue weighted by atomic mass is 9.99. The van der Waals surface area contributed by atoms with Gasteiger partial charge in [0, 0.05) is 6.20 Å². The molecule has 0 fully saturated rings. The van der Waals surface area contributed by atoms with Gasteiger partial charge in [0.2, 0.25) is 0 Å². The molecule has 1 aromatic rings. The van der Waals surface area contributed by atoms with Crippen molar-refractivity contribution in [3.63, 3.8) is 0 Å². The summed E-state index contributed by atoms with van der Waals surface area (Å²) in [7, 11) is 0. The Kier molecular flexibility index (Phi) is 5.28. The number of aromatic nitrogens is 1. The largest absolute Gasteiger partial charge is 0.480 e. The fourth-order valence-corrected chi connectivity index (χ4v) is 1.59. The highest BCUT2D eigenvalue weighted by atomic mass is 19.4. The molecule has 0 saturated heterocycles. The zero-order valence-electron chi connectivity index (χ0n) is 11.4. The van der Waals surface area contributed by atoms with Gasteiger partial charge in [0.05, 0.1) is 5.56 Å². The van der Waals surface area contributed by atoms with Gasteiger partial charge in [0.25, 0.3) is 5.91 Å². The van der Waals surface area contributed by atoms with Crippen molar-refractivity contribution >= 4 is 11.9 Å². The molecule has 0 aromatic carbocycles. The molecule has 2 unspecified atom stereocenters. The zero-order valence-corrected chi connectivity index (χ0v) is 11.4. The summed E-state index contributed by atoms with van der Waals surface area (Å²) in [4.78, 5) is 26.3. The van der Waals surface area contributed by atoms with Crippen LogP contribution in [0.3, 0.4) is 0 Å². The van der Waals surface area contributed by atoms with E-state index < -0.39 is 29.7 Å². The highest BCUT2D eigenvalue weighted by Gasteiger charge is 2.31. The number of pyridine rings is 1. The molecule has 1 rings (SSSR count). The summed E-state index contributed by atoms with van der Waals surface area (Å²) < 4.78 is 37.1. The molecule has 0 aliphatic heterocycles. The van der Waals surface area contributed by atoms with Gasteiger partial charge in [0.1, 0.15) is 11.7 Å². The molecule has 8 heteroatoms. The molecule has 1 aromatic heterocycles. The van der Waals surface area contributed by atoms with E-state index in [2.05, 4.69) is 10.3 Å². The van der Waals surface area contributed by atoms with Crippen LogP contribution >= 0.6 is 0 Å². The molecule has 0 aliphatic rings. The SMILES string of the molecule is CCC(C)C(NC(=O)c1ccc(C(F)(F)F)cn1)C(=O)O. The van der Waals surface area contributed by atoms with Crippen LogP contribution in [-0.4, -0.2) is 28.0 Å². The Hall–Kier alpha value is -2.12. The van der Waals surface area contributed by atoms with Crippen LogP contribution in [0.15, 0.2) is 18.3 Å². The van der Waals surface area contributed by atoms with Gasteiger partial charge >= 0.3 is 12.1 Å². The van der Waals surface area contributed by atoms with Crippen LogP contribution in [0.1, 0.15) is 36.3 Å². The van der Waals surface area contributed by atoms with E-state index in [9.17, 15) is 22.8 Å². The fourth-order valence-electron chi connectivity index (χ4n) is 1.59. The van der Waals surface area contributed by atoms with E-state index >= 15 is 0 Å². The Morgan fingerprint density at radius 1 is 1.38 bits per heavy atom. The van der Waals surface area contributed by atoms with Crippen molar-refractivity contribution in [1.29, 1.82) is 0 Å². The average Bonchev–Trinajstić information content (AvgIpc) is 2.42. The van der Waals surface area contributed by atoms with E-state index in [1.165, 1.54) is 0 Å². The highest BCUT2D eigenvalue weighted by Crippen LogP contribution is 2.28. The molecule has 2 N–H and O–H groups in total. The second-order valence-corrected chi connectivity index (χ2v) is 4.60. The Balaban J connectivity index is 2.86. The maximum Gasteiger partial charge on any atom is 0.417 e. The van der Waals surface area contributed by atoms with Gasteiger partial charge in [0.15, 0.2) is 0 Å². The molecular formula is C13H15F3N2O3. The number of amides is 1.